The van der Waals surface area contributed by atoms with E-state index in [9.17, 15) is 13.2 Å². The number of benzene rings is 1. The molecule has 3 aromatic rings. The Labute approximate surface area is 170 Å². The molecule has 0 radical (unpaired) electrons. The SMILES string of the molecule is COC(=O)CCC#Cc1nc(Cl)ccc1NS(=O)(=O)c1ccc2ncsc2c1. The molecule has 0 spiro atoms. The van der Waals surface area contributed by atoms with E-state index in [4.69, 9.17) is 11.6 Å². The second-order valence-electron chi connectivity index (χ2n) is 5.50. The molecule has 10 heteroatoms. The van der Waals surface area contributed by atoms with Crippen LogP contribution in [0.15, 0.2) is 40.7 Å². The second-order valence-corrected chi connectivity index (χ2v) is 8.45. The van der Waals surface area contributed by atoms with Gasteiger partial charge in [-0.15, -0.1) is 11.3 Å². The Bertz CT molecular complexity index is 1200. The van der Waals surface area contributed by atoms with Gasteiger partial charge in [0.25, 0.3) is 10.0 Å². The van der Waals surface area contributed by atoms with Crippen LogP contribution in [-0.4, -0.2) is 31.5 Å². The summed E-state index contributed by atoms with van der Waals surface area (Å²) in [5, 5.41) is 0.172. The van der Waals surface area contributed by atoms with Crippen LogP contribution in [-0.2, 0) is 19.6 Å². The summed E-state index contributed by atoms with van der Waals surface area (Å²) in [4.78, 5) is 19.4. The Kier molecular flexibility index (Phi) is 6.14. The highest BCUT2D eigenvalue weighted by Crippen LogP contribution is 2.25. The van der Waals surface area contributed by atoms with E-state index in [0.29, 0.717) is 0 Å². The van der Waals surface area contributed by atoms with Crippen LogP contribution in [0.25, 0.3) is 10.2 Å². The average molecular weight is 436 g/mol. The number of nitrogens with zero attached hydrogens (tertiary/aromatic N) is 2. The van der Waals surface area contributed by atoms with Crippen LogP contribution in [0.4, 0.5) is 5.69 Å². The van der Waals surface area contributed by atoms with Gasteiger partial charge in [0.2, 0.25) is 0 Å². The third kappa shape index (κ3) is 4.78. The Morgan fingerprint density at radius 1 is 1.32 bits per heavy atom. The number of esters is 1. The normalized spacial score (nSPS) is 10.9. The largest absolute Gasteiger partial charge is 0.469 e. The first-order valence-electron chi connectivity index (χ1n) is 7.97. The molecule has 144 valence electrons. The maximum atomic E-state index is 12.8. The van der Waals surface area contributed by atoms with Gasteiger partial charge in [0, 0.05) is 6.42 Å². The minimum atomic E-state index is -3.86. The molecule has 0 saturated heterocycles. The van der Waals surface area contributed by atoms with E-state index in [1.807, 2.05) is 0 Å². The van der Waals surface area contributed by atoms with E-state index >= 15 is 0 Å². The smallest absolute Gasteiger partial charge is 0.306 e. The van der Waals surface area contributed by atoms with Crippen LogP contribution in [0.3, 0.4) is 0 Å². The lowest BCUT2D eigenvalue weighted by Gasteiger charge is -2.09. The molecule has 1 aromatic carbocycles. The van der Waals surface area contributed by atoms with Gasteiger partial charge in [-0.2, -0.15) is 0 Å². The van der Waals surface area contributed by atoms with E-state index in [0.717, 1.165) is 10.2 Å². The van der Waals surface area contributed by atoms with Crippen molar-refractivity contribution in [2.24, 2.45) is 0 Å². The number of hydrogen-bond donors (Lipinski definition) is 1. The molecule has 28 heavy (non-hydrogen) atoms. The molecule has 0 unspecified atom stereocenters. The van der Waals surface area contributed by atoms with E-state index in [1.54, 1.807) is 17.6 Å². The molecule has 0 amide bonds. The molecular formula is C18H14ClN3O4S2. The van der Waals surface area contributed by atoms with Gasteiger partial charge < -0.3 is 4.74 Å². The lowest BCUT2D eigenvalue weighted by atomic mass is 10.2. The molecule has 0 fully saturated rings. The number of sulfonamides is 1. The lowest BCUT2D eigenvalue weighted by molar-refractivity contribution is -0.140. The number of hydrogen-bond acceptors (Lipinski definition) is 7. The van der Waals surface area contributed by atoms with Crippen LogP contribution in [0.5, 0.6) is 0 Å². The van der Waals surface area contributed by atoms with Crippen molar-refractivity contribution < 1.29 is 17.9 Å². The van der Waals surface area contributed by atoms with Gasteiger partial charge in [-0.3, -0.25) is 9.52 Å². The van der Waals surface area contributed by atoms with Crippen molar-refractivity contribution in [1.82, 2.24) is 9.97 Å². The minimum Gasteiger partial charge on any atom is -0.469 e. The van der Waals surface area contributed by atoms with Crippen molar-refractivity contribution >= 4 is 54.8 Å². The number of thiazole rings is 1. The zero-order valence-corrected chi connectivity index (χ0v) is 17.0. The number of anilines is 1. The fraction of sp³-hybridized carbons (Fsp3) is 0.167. The van der Waals surface area contributed by atoms with Gasteiger partial charge in [0.15, 0.2) is 0 Å². The van der Waals surface area contributed by atoms with E-state index in [2.05, 4.69) is 31.3 Å². The minimum absolute atomic E-state index is 0.101. The lowest BCUT2D eigenvalue weighted by Crippen LogP contribution is -2.14. The van der Waals surface area contributed by atoms with Crippen LogP contribution in [0.1, 0.15) is 18.5 Å². The molecule has 7 nitrogen and oxygen atoms in total. The zero-order valence-electron chi connectivity index (χ0n) is 14.6. The Balaban J connectivity index is 1.86. The van der Waals surface area contributed by atoms with Crippen molar-refractivity contribution in [1.29, 1.82) is 0 Å². The predicted molar refractivity (Wildman–Crippen MR) is 108 cm³/mol. The highest BCUT2D eigenvalue weighted by Gasteiger charge is 2.17. The number of pyridine rings is 1. The van der Waals surface area contributed by atoms with Gasteiger partial charge in [0.05, 0.1) is 39.8 Å². The summed E-state index contributed by atoms with van der Waals surface area (Å²) >= 11 is 7.26. The number of halogens is 1. The number of nitrogens with one attached hydrogen (secondary N) is 1. The molecule has 3 rings (SSSR count). The number of rotatable bonds is 5. The summed E-state index contributed by atoms with van der Waals surface area (Å²) in [6.45, 7) is 0. The molecule has 0 aliphatic carbocycles. The Morgan fingerprint density at radius 2 is 2.14 bits per heavy atom. The molecule has 2 aromatic heterocycles. The van der Waals surface area contributed by atoms with Crippen LogP contribution < -0.4 is 4.72 Å². The monoisotopic (exact) mass is 435 g/mol. The summed E-state index contributed by atoms with van der Waals surface area (Å²) in [7, 11) is -2.57. The summed E-state index contributed by atoms with van der Waals surface area (Å²) in [6.07, 6.45) is 0.370. The molecule has 0 bridgehead atoms. The first kappa shape index (κ1) is 20.1. The fourth-order valence-corrected chi connectivity index (χ4v) is 4.26. The van der Waals surface area contributed by atoms with Crippen molar-refractivity contribution in [2.75, 3.05) is 11.8 Å². The maximum absolute atomic E-state index is 12.8. The predicted octanol–water partition coefficient (Wildman–Crippen LogP) is 3.45. The van der Waals surface area contributed by atoms with E-state index < -0.39 is 10.0 Å². The maximum Gasteiger partial charge on any atom is 0.306 e. The Morgan fingerprint density at radius 3 is 2.93 bits per heavy atom. The van der Waals surface area contributed by atoms with Crippen LogP contribution >= 0.6 is 22.9 Å². The van der Waals surface area contributed by atoms with E-state index in [1.165, 1.54) is 36.6 Å². The number of carbonyl (C=O) groups is 1. The summed E-state index contributed by atoms with van der Waals surface area (Å²) in [5.74, 6) is 5.13. The van der Waals surface area contributed by atoms with Crippen LogP contribution in [0, 0.1) is 11.8 Å². The fourth-order valence-electron chi connectivity index (χ4n) is 2.23. The first-order valence-corrected chi connectivity index (χ1v) is 10.7. The highest BCUT2D eigenvalue weighted by molar-refractivity contribution is 7.92. The number of ether oxygens (including phenoxy) is 1. The van der Waals surface area contributed by atoms with Gasteiger partial charge in [-0.25, -0.2) is 18.4 Å². The molecule has 0 saturated carbocycles. The van der Waals surface area contributed by atoms with Crippen molar-refractivity contribution in [3.8, 4) is 11.8 Å². The van der Waals surface area contributed by atoms with Crippen molar-refractivity contribution in [3.63, 3.8) is 0 Å². The zero-order chi connectivity index (χ0) is 20.1. The standard InChI is InChI=1S/C18H14ClN3O4S2/c1-26-18(23)5-3-2-4-13-14(8-9-17(19)21-13)22-28(24,25)12-6-7-15-16(10-12)27-11-20-15/h6-11,22H,3,5H2,1H3. The first-order chi connectivity index (χ1) is 13.4. The Hall–Kier alpha value is -2.67. The number of methoxy groups -OCH3 is 1. The molecule has 1 N–H and O–H groups in total. The highest BCUT2D eigenvalue weighted by atomic mass is 35.5. The number of fused-ring (bicyclic) bond motifs is 1. The molecule has 0 atom stereocenters. The summed E-state index contributed by atoms with van der Waals surface area (Å²) in [6, 6.07) is 7.64. The van der Waals surface area contributed by atoms with Gasteiger partial charge in [0.1, 0.15) is 10.8 Å². The summed E-state index contributed by atoms with van der Waals surface area (Å²) < 4.78 is 33.3. The molecule has 0 aliphatic rings. The summed E-state index contributed by atoms with van der Waals surface area (Å²) in [5.41, 5.74) is 2.74. The average Bonchev–Trinajstić information content (AvgIpc) is 3.14. The second kappa shape index (κ2) is 8.56. The van der Waals surface area contributed by atoms with Crippen LogP contribution in [0.2, 0.25) is 5.15 Å². The molecular weight excluding hydrogens is 422 g/mol. The van der Waals surface area contributed by atoms with Gasteiger partial charge in [-0.05, 0) is 36.3 Å². The molecule has 0 aliphatic heterocycles. The third-order valence-corrected chi connectivity index (χ3v) is 5.97. The topological polar surface area (TPSA) is 98.2 Å². The van der Waals surface area contributed by atoms with Gasteiger partial charge >= 0.3 is 5.97 Å². The quantitative estimate of drug-likeness (QED) is 0.374. The third-order valence-electron chi connectivity index (χ3n) is 3.61. The number of aromatic nitrogens is 2. The van der Waals surface area contributed by atoms with Gasteiger partial charge in [-0.1, -0.05) is 17.5 Å². The number of carbonyl (C=O) groups excluding carboxylic acids is 1. The van der Waals surface area contributed by atoms with Crippen molar-refractivity contribution in [3.05, 3.63) is 46.7 Å². The van der Waals surface area contributed by atoms with E-state index in [-0.39, 0.29) is 40.2 Å². The van der Waals surface area contributed by atoms with Crippen molar-refractivity contribution in [2.45, 2.75) is 17.7 Å². The molecule has 2 heterocycles.